The average Bonchev–Trinajstić information content (AvgIpc) is 2.49. The van der Waals surface area contributed by atoms with Crippen LogP contribution >= 0.6 is 0 Å². The molecule has 25 heavy (non-hydrogen) atoms. The Bertz CT molecular complexity index is 919. The molecule has 1 aromatic heterocycles. The molecule has 10 heteroatoms. The number of anilines is 1. The Balaban J connectivity index is 2.80. The van der Waals surface area contributed by atoms with Crippen molar-refractivity contribution in [3.05, 3.63) is 57.5 Å². The SMILES string of the molecule is Cc1c(NC(N)=O)cc(C(=O)O)c(=O)n1-c1cccc(C(F)(F)F)c1. The number of carboxylic acid groups (broad SMARTS) is 1. The third-order valence-corrected chi connectivity index (χ3v) is 3.37. The number of aromatic nitrogens is 1. The van der Waals surface area contributed by atoms with Gasteiger partial charge in [0.1, 0.15) is 5.56 Å². The molecule has 0 saturated carbocycles. The Morgan fingerprint density at radius 3 is 2.40 bits per heavy atom. The van der Waals surface area contributed by atoms with E-state index in [1.807, 2.05) is 0 Å². The van der Waals surface area contributed by atoms with Gasteiger partial charge < -0.3 is 16.2 Å². The third-order valence-electron chi connectivity index (χ3n) is 3.37. The van der Waals surface area contributed by atoms with E-state index in [-0.39, 0.29) is 17.1 Å². The number of nitrogens with two attached hydrogens (primary N) is 1. The number of halogens is 3. The molecule has 0 radical (unpaired) electrons. The Morgan fingerprint density at radius 1 is 1.24 bits per heavy atom. The lowest BCUT2D eigenvalue weighted by atomic mass is 10.1. The molecular weight excluding hydrogens is 343 g/mol. The number of hydrogen-bond donors (Lipinski definition) is 3. The smallest absolute Gasteiger partial charge is 0.416 e. The molecule has 0 saturated heterocycles. The van der Waals surface area contributed by atoms with Crippen LogP contribution in [0.5, 0.6) is 0 Å². The van der Waals surface area contributed by atoms with Crippen molar-refractivity contribution in [2.45, 2.75) is 13.1 Å². The first kappa shape index (κ1) is 18.0. The van der Waals surface area contributed by atoms with Gasteiger partial charge in [0.25, 0.3) is 5.56 Å². The average molecular weight is 355 g/mol. The number of carboxylic acids is 1. The first-order valence-corrected chi connectivity index (χ1v) is 6.76. The van der Waals surface area contributed by atoms with Gasteiger partial charge in [0.15, 0.2) is 0 Å². The van der Waals surface area contributed by atoms with Crippen molar-refractivity contribution in [3.8, 4) is 5.69 Å². The van der Waals surface area contributed by atoms with Gasteiger partial charge in [-0.25, -0.2) is 9.59 Å². The molecule has 0 spiro atoms. The van der Waals surface area contributed by atoms with E-state index >= 15 is 0 Å². The zero-order valence-electron chi connectivity index (χ0n) is 12.7. The number of urea groups is 1. The highest BCUT2D eigenvalue weighted by atomic mass is 19.4. The van der Waals surface area contributed by atoms with Crippen LogP contribution in [-0.4, -0.2) is 21.7 Å². The van der Waals surface area contributed by atoms with Crippen molar-refractivity contribution in [1.29, 1.82) is 0 Å². The fourth-order valence-corrected chi connectivity index (χ4v) is 2.25. The largest absolute Gasteiger partial charge is 0.477 e. The highest BCUT2D eigenvalue weighted by molar-refractivity contribution is 5.93. The second kappa shape index (κ2) is 6.30. The van der Waals surface area contributed by atoms with Gasteiger partial charge in [-0.15, -0.1) is 0 Å². The number of alkyl halides is 3. The minimum Gasteiger partial charge on any atom is -0.477 e. The highest BCUT2D eigenvalue weighted by Gasteiger charge is 2.31. The quantitative estimate of drug-likeness (QED) is 0.784. The van der Waals surface area contributed by atoms with E-state index in [2.05, 4.69) is 5.32 Å². The standard InChI is InChI=1S/C15H12F3N3O4/c1-7-11(20-14(19)25)6-10(13(23)24)12(22)21(7)9-4-2-3-8(5-9)15(16,17)18/h2-6H,1H3,(H,23,24)(H3,19,20,25). The molecule has 0 bridgehead atoms. The van der Waals surface area contributed by atoms with Crippen molar-refractivity contribution in [2.24, 2.45) is 5.73 Å². The van der Waals surface area contributed by atoms with E-state index in [9.17, 15) is 27.6 Å². The van der Waals surface area contributed by atoms with Crippen molar-refractivity contribution in [2.75, 3.05) is 5.32 Å². The number of carbonyl (C=O) groups excluding carboxylic acids is 1. The van der Waals surface area contributed by atoms with Crippen LogP contribution in [0.1, 0.15) is 21.6 Å². The number of aromatic carboxylic acids is 1. The molecule has 132 valence electrons. The number of nitrogens with one attached hydrogen (secondary N) is 1. The van der Waals surface area contributed by atoms with Crippen LogP contribution < -0.4 is 16.6 Å². The summed E-state index contributed by atoms with van der Waals surface area (Å²) in [6.07, 6.45) is -4.65. The summed E-state index contributed by atoms with van der Waals surface area (Å²) in [4.78, 5) is 34.7. The van der Waals surface area contributed by atoms with Crippen molar-refractivity contribution < 1.29 is 27.9 Å². The second-order valence-corrected chi connectivity index (χ2v) is 5.04. The third kappa shape index (κ3) is 3.62. The maximum absolute atomic E-state index is 12.9. The van der Waals surface area contributed by atoms with Crippen LogP contribution in [0.15, 0.2) is 35.1 Å². The Morgan fingerprint density at radius 2 is 1.88 bits per heavy atom. The van der Waals surface area contributed by atoms with E-state index in [1.54, 1.807) is 0 Å². The second-order valence-electron chi connectivity index (χ2n) is 5.04. The number of benzene rings is 1. The molecule has 0 aliphatic carbocycles. The topological polar surface area (TPSA) is 114 Å². The van der Waals surface area contributed by atoms with Gasteiger partial charge in [-0.2, -0.15) is 13.2 Å². The molecule has 2 aromatic rings. The van der Waals surface area contributed by atoms with E-state index < -0.39 is 34.9 Å². The summed E-state index contributed by atoms with van der Waals surface area (Å²) < 4.78 is 39.4. The Kier molecular flexibility index (Phi) is 4.55. The van der Waals surface area contributed by atoms with Gasteiger partial charge in [0.2, 0.25) is 0 Å². The summed E-state index contributed by atoms with van der Waals surface area (Å²) in [5.41, 5.74) is 1.92. The molecule has 0 unspecified atom stereocenters. The maximum atomic E-state index is 12.9. The molecule has 0 fully saturated rings. The highest BCUT2D eigenvalue weighted by Crippen LogP contribution is 2.30. The number of carbonyl (C=O) groups is 2. The van der Waals surface area contributed by atoms with Crippen molar-refractivity contribution >= 4 is 17.7 Å². The summed E-state index contributed by atoms with van der Waals surface area (Å²) in [6.45, 7) is 1.33. The normalized spacial score (nSPS) is 11.2. The maximum Gasteiger partial charge on any atom is 0.416 e. The molecule has 1 aromatic carbocycles. The first-order valence-electron chi connectivity index (χ1n) is 6.76. The van der Waals surface area contributed by atoms with E-state index in [4.69, 9.17) is 10.8 Å². The fraction of sp³-hybridized carbons (Fsp3) is 0.133. The minimum atomic E-state index is -4.65. The van der Waals surface area contributed by atoms with E-state index in [0.29, 0.717) is 6.07 Å². The van der Waals surface area contributed by atoms with E-state index in [1.165, 1.54) is 13.0 Å². The summed E-state index contributed by atoms with van der Waals surface area (Å²) in [7, 11) is 0. The molecule has 7 nitrogen and oxygen atoms in total. The number of nitrogens with zero attached hydrogens (tertiary/aromatic N) is 1. The van der Waals surface area contributed by atoms with Crippen LogP contribution in [0, 0.1) is 6.92 Å². The number of hydrogen-bond acceptors (Lipinski definition) is 3. The van der Waals surface area contributed by atoms with Gasteiger partial charge in [-0.05, 0) is 31.2 Å². The molecule has 0 atom stereocenters. The summed E-state index contributed by atoms with van der Waals surface area (Å²) in [5, 5.41) is 11.3. The van der Waals surface area contributed by atoms with Gasteiger partial charge in [-0.1, -0.05) is 6.07 Å². The van der Waals surface area contributed by atoms with Crippen LogP contribution in [0.4, 0.5) is 23.7 Å². The lowest BCUT2D eigenvalue weighted by Gasteiger charge is -2.17. The van der Waals surface area contributed by atoms with Crippen LogP contribution in [-0.2, 0) is 6.18 Å². The molecule has 1 heterocycles. The molecule has 0 aliphatic rings. The van der Waals surface area contributed by atoms with E-state index in [0.717, 1.165) is 22.8 Å². The Hall–Kier alpha value is -3.30. The zero-order valence-corrected chi connectivity index (χ0v) is 12.7. The molecule has 2 amide bonds. The lowest BCUT2D eigenvalue weighted by Crippen LogP contribution is -2.30. The van der Waals surface area contributed by atoms with Crippen LogP contribution in [0.3, 0.4) is 0 Å². The fourth-order valence-electron chi connectivity index (χ4n) is 2.25. The van der Waals surface area contributed by atoms with Gasteiger partial charge >= 0.3 is 18.2 Å². The number of pyridine rings is 1. The summed E-state index contributed by atoms with van der Waals surface area (Å²) in [5.74, 6) is -1.60. The van der Waals surface area contributed by atoms with Gasteiger partial charge in [0, 0.05) is 11.4 Å². The zero-order chi connectivity index (χ0) is 18.9. The Labute approximate surface area is 138 Å². The van der Waals surface area contributed by atoms with Crippen LogP contribution in [0.25, 0.3) is 5.69 Å². The number of rotatable bonds is 3. The molecule has 2 rings (SSSR count). The van der Waals surface area contributed by atoms with Crippen LogP contribution in [0.2, 0.25) is 0 Å². The van der Waals surface area contributed by atoms with Crippen molar-refractivity contribution in [3.63, 3.8) is 0 Å². The molecule has 4 N–H and O–H groups in total. The van der Waals surface area contributed by atoms with Gasteiger partial charge in [-0.3, -0.25) is 9.36 Å². The lowest BCUT2D eigenvalue weighted by molar-refractivity contribution is -0.137. The summed E-state index contributed by atoms with van der Waals surface area (Å²) >= 11 is 0. The van der Waals surface area contributed by atoms with Gasteiger partial charge in [0.05, 0.1) is 11.3 Å². The van der Waals surface area contributed by atoms with Crippen molar-refractivity contribution in [1.82, 2.24) is 4.57 Å². The predicted octanol–water partition coefficient (Wildman–Crippen LogP) is 2.35. The minimum absolute atomic E-state index is 0.0214. The number of primary amides is 1. The summed E-state index contributed by atoms with van der Waals surface area (Å²) in [6, 6.07) is 3.69. The predicted molar refractivity (Wildman–Crippen MR) is 81.9 cm³/mol. The molecule has 0 aliphatic heterocycles. The number of amides is 2. The first-order chi connectivity index (χ1) is 11.5. The monoisotopic (exact) mass is 355 g/mol. The molecular formula is C15H12F3N3O4.